The maximum atomic E-state index is 11.2. The standard InChI is InChI=1S/C15H21NO3/c1-18-14-8-5-12(9-15(14)19-2)16-10-11-3-6-13(17)7-4-11/h5,8-9,11,16H,3-4,6-7,10H2,1-2H3. The van der Waals surface area contributed by atoms with Crippen LogP contribution in [0.2, 0.25) is 0 Å². The van der Waals surface area contributed by atoms with Crippen LogP contribution in [0.3, 0.4) is 0 Å². The van der Waals surface area contributed by atoms with Crippen LogP contribution in [0.4, 0.5) is 5.69 Å². The lowest BCUT2D eigenvalue weighted by Crippen LogP contribution is -2.21. The van der Waals surface area contributed by atoms with Crippen molar-refractivity contribution in [2.45, 2.75) is 25.7 Å². The topological polar surface area (TPSA) is 47.6 Å². The molecule has 1 aromatic carbocycles. The molecule has 0 radical (unpaired) electrons. The third kappa shape index (κ3) is 3.63. The number of methoxy groups -OCH3 is 2. The molecular weight excluding hydrogens is 242 g/mol. The van der Waals surface area contributed by atoms with Crippen LogP contribution < -0.4 is 14.8 Å². The fraction of sp³-hybridized carbons (Fsp3) is 0.533. The van der Waals surface area contributed by atoms with E-state index in [4.69, 9.17) is 9.47 Å². The lowest BCUT2D eigenvalue weighted by molar-refractivity contribution is -0.120. The number of carbonyl (C=O) groups excluding carboxylic acids is 1. The van der Waals surface area contributed by atoms with Gasteiger partial charge in [0.25, 0.3) is 0 Å². The summed E-state index contributed by atoms with van der Waals surface area (Å²) in [5.74, 6) is 2.45. The maximum absolute atomic E-state index is 11.2. The first-order valence-corrected chi connectivity index (χ1v) is 6.70. The molecule has 2 rings (SSSR count). The summed E-state index contributed by atoms with van der Waals surface area (Å²) >= 11 is 0. The lowest BCUT2D eigenvalue weighted by Gasteiger charge is -2.22. The SMILES string of the molecule is COc1ccc(NCC2CCC(=O)CC2)cc1OC. The van der Waals surface area contributed by atoms with Gasteiger partial charge in [0.15, 0.2) is 11.5 Å². The first-order valence-electron chi connectivity index (χ1n) is 6.70. The lowest BCUT2D eigenvalue weighted by atomic mass is 9.88. The molecule has 0 spiro atoms. The Morgan fingerprint density at radius 2 is 1.84 bits per heavy atom. The highest BCUT2D eigenvalue weighted by Crippen LogP contribution is 2.30. The summed E-state index contributed by atoms with van der Waals surface area (Å²) in [6.45, 7) is 0.906. The maximum Gasteiger partial charge on any atom is 0.162 e. The van der Waals surface area contributed by atoms with Gasteiger partial charge in [-0.15, -0.1) is 0 Å². The molecule has 1 aliphatic rings. The van der Waals surface area contributed by atoms with Crippen molar-refractivity contribution in [2.24, 2.45) is 5.92 Å². The summed E-state index contributed by atoms with van der Waals surface area (Å²) < 4.78 is 10.5. The summed E-state index contributed by atoms with van der Waals surface area (Å²) in [5, 5.41) is 3.41. The number of hydrogen-bond acceptors (Lipinski definition) is 4. The van der Waals surface area contributed by atoms with Gasteiger partial charge in [-0.25, -0.2) is 0 Å². The normalized spacial score (nSPS) is 16.2. The smallest absolute Gasteiger partial charge is 0.162 e. The van der Waals surface area contributed by atoms with Crippen LogP contribution in [0.25, 0.3) is 0 Å². The molecule has 19 heavy (non-hydrogen) atoms. The third-order valence-corrected chi connectivity index (χ3v) is 3.64. The second-order valence-corrected chi connectivity index (χ2v) is 4.93. The van der Waals surface area contributed by atoms with Crippen molar-refractivity contribution in [3.8, 4) is 11.5 Å². The van der Waals surface area contributed by atoms with E-state index in [1.165, 1.54) is 0 Å². The van der Waals surface area contributed by atoms with Crippen LogP contribution in [0, 0.1) is 5.92 Å². The molecule has 0 heterocycles. The number of nitrogens with one attached hydrogen (secondary N) is 1. The van der Waals surface area contributed by atoms with Crippen molar-refractivity contribution >= 4 is 11.5 Å². The minimum absolute atomic E-state index is 0.405. The van der Waals surface area contributed by atoms with Crippen LogP contribution >= 0.6 is 0 Å². The van der Waals surface area contributed by atoms with Gasteiger partial charge in [-0.3, -0.25) is 4.79 Å². The molecule has 1 aliphatic carbocycles. The van der Waals surface area contributed by atoms with Gasteiger partial charge in [0.05, 0.1) is 14.2 Å². The third-order valence-electron chi connectivity index (χ3n) is 3.64. The molecule has 0 atom stereocenters. The van der Waals surface area contributed by atoms with Gasteiger partial charge >= 0.3 is 0 Å². The van der Waals surface area contributed by atoms with E-state index in [2.05, 4.69) is 5.32 Å². The summed E-state index contributed by atoms with van der Waals surface area (Å²) in [6, 6.07) is 5.81. The molecule has 0 amide bonds. The predicted octanol–water partition coefficient (Wildman–Crippen LogP) is 2.88. The van der Waals surface area contributed by atoms with E-state index in [0.29, 0.717) is 11.7 Å². The van der Waals surface area contributed by atoms with E-state index < -0.39 is 0 Å². The fourth-order valence-electron chi connectivity index (χ4n) is 2.41. The minimum atomic E-state index is 0.405. The molecule has 0 aromatic heterocycles. The second-order valence-electron chi connectivity index (χ2n) is 4.93. The Morgan fingerprint density at radius 3 is 2.47 bits per heavy atom. The molecule has 4 nitrogen and oxygen atoms in total. The number of hydrogen-bond donors (Lipinski definition) is 1. The zero-order chi connectivity index (χ0) is 13.7. The van der Waals surface area contributed by atoms with Gasteiger partial charge in [0, 0.05) is 31.1 Å². The van der Waals surface area contributed by atoms with Crippen molar-refractivity contribution in [1.82, 2.24) is 0 Å². The zero-order valence-electron chi connectivity index (χ0n) is 11.6. The van der Waals surface area contributed by atoms with Crippen molar-refractivity contribution in [3.05, 3.63) is 18.2 Å². The minimum Gasteiger partial charge on any atom is -0.493 e. The van der Waals surface area contributed by atoms with Crippen LogP contribution in [-0.2, 0) is 4.79 Å². The van der Waals surface area contributed by atoms with Crippen molar-refractivity contribution < 1.29 is 14.3 Å². The van der Waals surface area contributed by atoms with Crippen molar-refractivity contribution in [1.29, 1.82) is 0 Å². The van der Waals surface area contributed by atoms with E-state index in [9.17, 15) is 4.79 Å². The quantitative estimate of drug-likeness (QED) is 0.887. The zero-order valence-corrected chi connectivity index (χ0v) is 11.6. The molecule has 1 N–H and O–H groups in total. The number of Topliss-reactive ketones (excluding diaryl/α,β-unsaturated/α-hetero) is 1. The van der Waals surface area contributed by atoms with Gasteiger partial charge in [-0.1, -0.05) is 0 Å². The molecule has 1 saturated carbocycles. The summed E-state index contributed by atoms with van der Waals surface area (Å²) in [5.41, 5.74) is 1.02. The Labute approximate surface area is 114 Å². The van der Waals surface area contributed by atoms with Gasteiger partial charge < -0.3 is 14.8 Å². The Bertz CT molecular complexity index is 435. The highest BCUT2D eigenvalue weighted by atomic mass is 16.5. The summed E-state index contributed by atoms with van der Waals surface area (Å²) in [6.07, 6.45) is 3.47. The molecule has 104 valence electrons. The van der Waals surface area contributed by atoms with Gasteiger partial charge in [-0.2, -0.15) is 0 Å². The second kappa shape index (κ2) is 6.45. The van der Waals surface area contributed by atoms with E-state index >= 15 is 0 Å². The Morgan fingerprint density at radius 1 is 1.16 bits per heavy atom. The Balaban J connectivity index is 1.90. The Hall–Kier alpha value is -1.71. The average Bonchev–Trinajstić information content (AvgIpc) is 2.46. The molecule has 1 fully saturated rings. The molecule has 4 heteroatoms. The van der Waals surface area contributed by atoms with E-state index in [1.807, 2.05) is 18.2 Å². The van der Waals surface area contributed by atoms with Gasteiger partial charge in [0.2, 0.25) is 0 Å². The molecule has 0 unspecified atom stereocenters. The number of rotatable bonds is 5. The largest absolute Gasteiger partial charge is 0.493 e. The monoisotopic (exact) mass is 263 g/mol. The van der Waals surface area contributed by atoms with Crippen LogP contribution in [-0.4, -0.2) is 26.5 Å². The van der Waals surface area contributed by atoms with Crippen LogP contribution in [0.1, 0.15) is 25.7 Å². The van der Waals surface area contributed by atoms with Crippen molar-refractivity contribution in [3.63, 3.8) is 0 Å². The number of carbonyl (C=O) groups is 1. The Kier molecular flexibility index (Phi) is 4.66. The average molecular weight is 263 g/mol. The highest BCUT2D eigenvalue weighted by Gasteiger charge is 2.18. The summed E-state index contributed by atoms with van der Waals surface area (Å²) in [7, 11) is 3.26. The van der Waals surface area contributed by atoms with Gasteiger partial charge in [-0.05, 0) is 30.9 Å². The van der Waals surface area contributed by atoms with Gasteiger partial charge in [0.1, 0.15) is 5.78 Å². The molecule has 0 aliphatic heterocycles. The number of benzene rings is 1. The van der Waals surface area contributed by atoms with E-state index in [-0.39, 0.29) is 0 Å². The predicted molar refractivity (Wildman–Crippen MR) is 75.0 cm³/mol. The number of ether oxygens (including phenoxy) is 2. The van der Waals surface area contributed by atoms with Crippen LogP contribution in [0.5, 0.6) is 11.5 Å². The highest BCUT2D eigenvalue weighted by molar-refractivity contribution is 5.79. The first kappa shape index (κ1) is 13.7. The molecule has 0 bridgehead atoms. The van der Waals surface area contributed by atoms with E-state index in [0.717, 1.165) is 49.4 Å². The first-order chi connectivity index (χ1) is 9.22. The number of anilines is 1. The van der Waals surface area contributed by atoms with Crippen LogP contribution in [0.15, 0.2) is 18.2 Å². The molecular formula is C15H21NO3. The summed E-state index contributed by atoms with van der Waals surface area (Å²) in [4.78, 5) is 11.2. The molecule has 1 aromatic rings. The fourth-order valence-corrected chi connectivity index (χ4v) is 2.41. The number of ketones is 1. The molecule has 0 saturated heterocycles. The van der Waals surface area contributed by atoms with E-state index in [1.54, 1.807) is 14.2 Å². The van der Waals surface area contributed by atoms with Crippen molar-refractivity contribution in [2.75, 3.05) is 26.1 Å².